The first-order valence-electron chi connectivity index (χ1n) is 6.77. The lowest BCUT2D eigenvalue weighted by Crippen LogP contribution is -2.46. The minimum atomic E-state index is -0.445. The van der Waals surface area contributed by atoms with Gasteiger partial charge in [-0.25, -0.2) is 0 Å². The molecule has 0 aromatic heterocycles. The standard InChI is InChI=1S/C16H20O2/c1-15-8-5-7-12(15)13-6-3-4-9-16(13,11-10-15)14(17)18-2/h3-4,6-7,9,13H,5,8,10-11H2,1-2H3/t13-,15+,16-/m0/s1. The number of ether oxygens (including phenoxy) is 1. The molecular weight excluding hydrogens is 224 g/mol. The summed E-state index contributed by atoms with van der Waals surface area (Å²) < 4.78 is 5.08. The first kappa shape index (κ1) is 11.8. The number of carbonyl (C=O) groups is 1. The molecule has 1 fully saturated rings. The van der Waals surface area contributed by atoms with E-state index >= 15 is 0 Å². The lowest BCUT2D eigenvalue weighted by atomic mass is 9.55. The molecule has 0 N–H and O–H groups in total. The van der Waals surface area contributed by atoms with E-state index in [2.05, 4.69) is 31.2 Å². The second-order valence-corrected chi connectivity index (χ2v) is 6.01. The maximum Gasteiger partial charge on any atom is 0.316 e. The van der Waals surface area contributed by atoms with Gasteiger partial charge in [-0.05, 0) is 31.1 Å². The highest BCUT2D eigenvalue weighted by molar-refractivity contribution is 5.81. The smallest absolute Gasteiger partial charge is 0.316 e. The Kier molecular flexibility index (Phi) is 2.51. The van der Waals surface area contributed by atoms with Crippen LogP contribution >= 0.6 is 0 Å². The van der Waals surface area contributed by atoms with Crippen molar-refractivity contribution in [2.45, 2.75) is 32.6 Å². The maximum atomic E-state index is 12.3. The number of fused-ring (bicyclic) bond motifs is 3. The van der Waals surface area contributed by atoms with Crippen LogP contribution in [-0.2, 0) is 9.53 Å². The molecule has 3 atom stereocenters. The van der Waals surface area contributed by atoms with Crippen molar-refractivity contribution in [1.29, 1.82) is 0 Å². The summed E-state index contributed by atoms with van der Waals surface area (Å²) in [6, 6.07) is 0. The summed E-state index contributed by atoms with van der Waals surface area (Å²) in [6.07, 6.45) is 15.0. The molecule has 0 saturated heterocycles. The van der Waals surface area contributed by atoms with E-state index in [1.54, 1.807) is 0 Å². The number of esters is 1. The predicted octanol–water partition coefficient (Wildman–Crippen LogP) is 3.41. The Morgan fingerprint density at radius 2 is 2.17 bits per heavy atom. The Balaban J connectivity index is 2.07. The van der Waals surface area contributed by atoms with Gasteiger partial charge in [0.1, 0.15) is 0 Å². The number of hydrogen-bond donors (Lipinski definition) is 0. The number of rotatable bonds is 1. The zero-order valence-corrected chi connectivity index (χ0v) is 11.1. The van der Waals surface area contributed by atoms with Crippen LogP contribution in [0.15, 0.2) is 36.0 Å². The molecule has 0 heterocycles. The van der Waals surface area contributed by atoms with Gasteiger partial charge >= 0.3 is 5.97 Å². The Labute approximate surface area is 108 Å². The van der Waals surface area contributed by atoms with E-state index in [0.717, 1.165) is 19.3 Å². The molecule has 3 aliphatic carbocycles. The van der Waals surface area contributed by atoms with Gasteiger partial charge in [-0.2, -0.15) is 0 Å². The highest BCUT2D eigenvalue weighted by Gasteiger charge is 2.54. The summed E-state index contributed by atoms with van der Waals surface area (Å²) in [4.78, 5) is 12.3. The number of carbonyl (C=O) groups excluding carboxylic acids is 1. The van der Waals surface area contributed by atoms with Crippen LogP contribution in [0.3, 0.4) is 0 Å². The molecule has 3 aliphatic rings. The topological polar surface area (TPSA) is 26.3 Å². The quantitative estimate of drug-likeness (QED) is 0.522. The van der Waals surface area contributed by atoms with Gasteiger partial charge < -0.3 is 4.74 Å². The van der Waals surface area contributed by atoms with Gasteiger partial charge in [-0.3, -0.25) is 4.79 Å². The first-order chi connectivity index (χ1) is 8.62. The summed E-state index contributed by atoms with van der Waals surface area (Å²) in [5.41, 5.74) is 1.32. The number of methoxy groups -OCH3 is 1. The Morgan fingerprint density at radius 3 is 2.94 bits per heavy atom. The lowest BCUT2D eigenvalue weighted by molar-refractivity contribution is -0.153. The molecule has 2 heteroatoms. The normalized spacial score (nSPS) is 41.0. The van der Waals surface area contributed by atoms with Crippen molar-refractivity contribution in [3.8, 4) is 0 Å². The summed E-state index contributed by atoms with van der Waals surface area (Å²) in [7, 11) is 1.50. The predicted molar refractivity (Wildman–Crippen MR) is 70.9 cm³/mol. The van der Waals surface area contributed by atoms with Crippen molar-refractivity contribution in [2.24, 2.45) is 16.7 Å². The average Bonchev–Trinajstić information content (AvgIpc) is 2.79. The molecule has 18 heavy (non-hydrogen) atoms. The highest BCUT2D eigenvalue weighted by Crippen LogP contribution is 2.59. The van der Waals surface area contributed by atoms with Gasteiger partial charge in [-0.1, -0.05) is 42.9 Å². The van der Waals surface area contributed by atoms with Crippen LogP contribution in [-0.4, -0.2) is 13.1 Å². The fourth-order valence-electron chi connectivity index (χ4n) is 3.98. The van der Waals surface area contributed by atoms with E-state index in [-0.39, 0.29) is 11.9 Å². The van der Waals surface area contributed by atoms with Crippen LogP contribution in [0.1, 0.15) is 32.6 Å². The van der Waals surface area contributed by atoms with Crippen molar-refractivity contribution in [1.82, 2.24) is 0 Å². The van der Waals surface area contributed by atoms with Crippen molar-refractivity contribution in [3.63, 3.8) is 0 Å². The second-order valence-electron chi connectivity index (χ2n) is 6.01. The number of hydrogen-bond acceptors (Lipinski definition) is 2. The molecule has 3 rings (SSSR count). The monoisotopic (exact) mass is 244 g/mol. The molecule has 0 aromatic carbocycles. The van der Waals surface area contributed by atoms with E-state index in [1.165, 1.54) is 19.1 Å². The molecule has 0 amide bonds. The van der Waals surface area contributed by atoms with Crippen LogP contribution in [0.5, 0.6) is 0 Å². The SMILES string of the molecule is COC(=O)[C@]12C=CC=C[C@H]1C1=CCC[C@]1(C)CC2. The van der Waals surface area contributed by atoms with Gasteiger partial charge in [0.2, 0.25) is 0 Å². The fraction of sp³-hybridized carbons (Fsp3) is 0.562. The minimum absolute atomic E-state index is 0.0806. The molecule has 0 spiro atoms. The van der Waals surface area contributed by atoms with E-state index in [1.807, 2.05) is 6.08 Å². The first-order valence-corrected chi connectivity index (χ1v) is 6.77. The summed E-state index contributed by atoms with van der Waals surface area (Å²) in [5.74, 6) is 0.124. The molecule has 0 radical (unpaired) electrons. The molecule has 1 saturated carbocycles. The zero-order chi connectivity index (χ0) is 12.8. The van der Waals surface area contributed by atoms with Gasteiger partial charge in [0.15, 0.2) is 0 Å². The maximum absolute atomic E-state index is 12.3. The van der Waals surface area contributed by atoms with E-state index < -0.39 is 5.41 Å². The molecule has 0 aliphatic heterocycles. The van der Waals surface area contributed by atoms with Crippen molar-refractivity contribution in [3.05, 3.63) is 36.0 Å². The Hall–Kier alpha value is -1.31. The fourth-order valence-corrected chi connectivity index (χ4v) is 3.98. The van der Waals surface area contributed by atoms with Crippen LogP contribution in [0.4, 0.5) is 0 Å². The molecule has 2 nitrogen and oxygen atoms in total. The largest absolute Gasteiger partial charge is 0.468 e. The van der Waals surface area contributed by atoms with Crippen molar-refractivity contribution in [2.75, 3.05) is 7.11 Å². The summed E-state index contributed by atoms with van der Waals surface area (Å²) in [6.45, 7) is 2.35. The van der Waals surface area contributed by atoms with Crippen LogP contribution < -0.4 is 0 Å². The third-order valence-corrected chi connectivity index (χ3v) is 5.11. The minimum Gasteiger partial charge on any atom is -0.468 e. The third kappa shape index (κ3) is 1.38. The third-order valence-electron chi connectivity index (χ3n) is 5.11. The van der Waals surface area contributed by atoms with Crippen molar-refractivity contribution < 1.29 is 9.53 Å². The lowest BCUT2D eigenvalue weighted by Gasteiger charge is -2.48. The van der Waals surface area contributed by atoms with Gasteiger partial charge in [-0.15, -0.1) is 0 Å². The highest BCUT2D eigenvalue weighted by atomic mass is 16.5. The van der Waals surface area contributed by atoms with Crippen LogP contribution in [0, 0.1) is 16.7 Å². The second kappa shape index (κ2) is 3.84. The van der Waals surface area contributed by atoms with Crippen molar-refractivity contribution >= 4 is 5.97 Å². The van der Waals surface area contributed by atoms with E-state index in [0.29, 0.717) is 5.41 Å². The summed E-state index contributed by atoms with van der Waals surface area (Å²) >= 11 is 0. The van der Waals surface area contributed by atoms with Gasteiger partial charge in [0.05, 0.1) is 12.5 Å². The van der Waals surface area contributed by atoms with E-state index in [9.17, 15) is 4.79 Å². The van der Waals surface area contributed by atoms with Crippen LogP contribution in [0.2, 0.25) is 0 Å². The van der Waals surface area contributed by atoms with Crippen LogP contribution in [0.25, 0.3) is 0 Å². The van der Waals surface area contributed by atoms with Gasteiger partial charge in [0, 0.05) is 5.92 Å². The molecule has 0 unspecified atom stereocenters. The Morgan fingerprint density at radius 1 is 1.33 bits per heavy atom. The summed E-state index contributed by atoms with van der Waals surface area (Å²) in [5, 5.41) is 0. The molecule has 0 aromatic rings. The molecule has 0 bridgehead atoms. The molecular formula is C16H20O2. The molecule has 96 valence electrons. The average molecular weight is 244 g/mol. The van der Waals surface area contributed by atoms with E-state index in [4.69, 9.17) is 4.74 Å². The Bertz CT molecular complexity index is 471. The number of allylic oxidation sites excluding steroid dienone is 5. The zero-order valence-electron chi connectivity index (χ0n) is 11.1. The van der Waals surface area contributed by atoms with Gasteiger partial charge in [0.25, 0.3) is 0 Å².